The molecule has 0 spiro atoms. The fourth-order valence-electron chi connectivity index (χ4n) is 6.56. The van der Waals surface area contributed by atoms with Crippen molar-refractivity contribution in [1.29, 1.82) is 0 Å². The predicted octanol–water partition coefficient (Wildman–Crippen LogP) is 9.33. The number of hydrogen-bond acceptors (Lipinski definition) is 0. The minimum atomic E-state index is -0.203. The quantitative estimate of drug-likeness (QED) is 0.379. The second-order valence-electron chi connectivity index (χ2n) is 11.8. The van der Waals surface area contributed by atoms with Gasteiger partial charge in [-0.05, 0) is 78.2 Å². The summed E-state index contributed by atoms with van der Waals surface area (Å²) in [6.45, 7) is 17.5. The molecule has 0 nitrogen and oxygen atoms in total. The fraction of sp³-hybridized carbons (Fsp3) is 0.815. The van der Waals surface area contributed by atoms with Crippen molar-refractivity contribution < 1.29 is 0 Å². The Balaban J connectivity index is 1.85. The van der Waals surface area contributed by atoms with E-state index in [1.165, 1.54) is 64.2 Å². The summed E-state index contributed by atoms with van der Waals surface area (Å²) in [6, 6.07) is 0. The minimum Gasteiger partial charge on any atom is -0.0968 e. The van der Waals surface area contributed by atoms with E-state index in [0.29, 0.717) is 10.3 Å². The van der Waals surface area contributed by atoms with Crippen molar-refractivity contribution in [3.05, 3.63) is 30.8 Å². The van der Waals surface area contributed by atoms with E-state index < -0.39 is 0 Å². The summed E-state index contributed by atoms with van der Waals surface area (Å²) in [6.07, 6.45) is 22.5. The van der Waals surface area contributed by atoms with Crippen molar-refractivity contribution in [2.75, 3.05) is 0 Å². The molecule has 0 N–H and O–H groups in total. The first-order chi connectivity index (χ1) is 13.6. The van der Waals surface area contributed by atoms with Crippen LogP contribution < -0.4 is 0 Å². The van der Waals surface area contributed by atoms with Crippen molar-refractivity contribution in [3.63, 3.8) is 0 Å². The Morgan fingerprint density at radius 1 is 0.724 bits per heavy atom. The molecule has 0 aromatic carbocycles. The Labute approximate surface area is 186 Å². The molecule has 0 heterocycles. The van der Waals surface area contributed by atoms with Gasteiger partial charge in [0, 0.05) is 5.66 Å². The third-order valence-corrected chi connectivity index (χ3v) is 14.8. The molecule has 0 unspecified atom stereocenters. The third kappa shape index (κ3) is 6.01. The second-order valence-corrected chi connectivity index (χ2v) is 18.7. The molecule has 5 radical (unpaired) electrons. The molecule has 0 aromatic heterocycles. The van der Waals surface area contributed by atoms with Gasteiger partial charge in [0.2, 0.25) is 0 Å². The molecule has 29 heavy (non-hydrogen) atoms. The summed E-state index contributed by atoms with van der Waals surface area (Å²) in [5, 5.41) is 0.712. The first-order valence-electron chi connectivity index (χ1n) is 12.4. The molecule has 3 aliphatic carbocycles. The van der Waals surface area contributed by atoms with Gasteiger partial charge < -0.3 is 0 Å². The fourth-order valence-corrected chi connectivity index (χ4v) is 15.2. The Morgan fingerprint density at radius 2 is 1.17 bits per heavy atom. The Bertz CT molecular complexity index is 456. The molecule has 165 valence electrons. The van der Waals surface area contributed by atoms with Crippen LogP contribution >= 0.6 is 15.8 Å². The molecule has 0 aromatic rings. The van der Waals surface area contributed by atoms with Crippen LogP contribution in [0.25, 0.3) is 0 Å². The highest BCUT2D eigenvalue weighted by molar-refractivity contribution is 7.65. The molecular formula is C27H47P2. The van der Waals surface area contributed by atoms with Gasteiger partial charge in [-0.2, -0.15) is 0 Å². The van der Waals surface area contributed by atoms with Gasteiger partial charge in [0.05, 0.1) is 0 Å². The maximum Gasteiger partial charge on any atom is 0.0125 e. The van der Waals surface area contributed by atoms with Crippen LogP contribution in [0.3, 0.4) is 0 Å². The van der Waals surface area contributed by atoms with Crippen molar-refractivity contribution >= 4 is 15.8 Å². The van der Waals surface area contributed by atoms with Gasteiger partial charge >= 0.3 is 0 Å². The smallest absolute Gasteiger partial charge is 0.0125 e. The molecule has 1 atom stereocenters. The molecule has 3 fully saturated rings. The normalized spacial score (nSPS) is 26.0. The average Bonchev–Trinajstić information content (AvgIpc) is 3.10. The lowest BCUT2D eigenvalue weighted by atomic mass is 9.99. The average molecular weight is 434 g/mol. The third-order valence-electron chi connectivity index (χ3n) is 7.30. The van der Waals surface area contributed by atoms with E-state index in [9.17, 15) is 0 Å². The summed E-state index contributed by atoms with van der Waals surface area (Å²) < 4.78 is 0. The second kappa shape index (κ2) is 10.2. The summed E-state index contributed by atoms with van der Waals surface area (Å²) in [5.41, 5.74) is 4.60. The standard InChI is InChI=1S/C27H47P2/c1-21(24-19-14-20-25(24)29(26(2,3)4)27(5,6)7)28(22-15-10-8-11-16-22)23-17-12-9-13-18-23/h14,19-23H,8-13,15-18H2,1-7H3/t21-/m1/s1. The van der Waals surface area contributed by atoms with E-state index in [1.807, 2.05) is 0 Å². The molecule has 0 aliphatic heterocycles. The molecule has 0 bridgehead atoms. The Morgan fingerprint density at radius 3 is 1.59 bits per heavy atom. The zero-order chi connectivity index (χ0) is 21.2. The topological polar surface area (TPSA) is 0 Å². The molecule has 3 rings (SSSR count). The van der Waals surface area contributed by atoms with Crippen molar-refractivity contribution in [1.82, 2.24) is 0 Å². The first-order valence-corrected chi connectivity index (χ1v) is 15.3. The van der Waals surface area contributed by atoms with Crippen LogP contribution in [0, 0.1) is 30.8 Å². The van der Waals surface area contributed by atoms with E-state index in [0.717, 1.165) is 17.0 Å². The van der Waals surface area contributed by atoms with E-state index in [4.69, 9.17) is 0 Å². The lowest BCUT2D eigenvalue weighted by molar-refractivity contribution is 0.482. The monoisotopic (exact) mass is 433 g/mol. The number of rotatable bonds is 5. The molecule has 0 saturated heterocycles. The van der Waals surface area contributed by atoms with Crippen LogP contribution in [0.4, 0.5) is 0 Å². The predicted molar refractivity (Wildman–Crippen MR) is 136 cm³/mol. The van der Waals surface area contributed by atoms with E-state index >= 15 is 0 Å². The Hall–Kier alpha value is 0.860. The van der Waals surface area contributed by atoms with Gasteiger partial charge in [-0.3, -0.25) is 0 Å². The van der Waals surface area contributed by atoms with Crippen LogP contribution in [0.1, 0.15) is 113 Å². The van der Waals surface area contributed by atoms with Crippen molar-refractivity contribution in [2.24, 2.45) is 0 Å². The van der Waals surface area contributed by atoms with E-state index in [-0.39, 0.29) is 15.8 Å². The largest absolute Gasteiger partial charge is 0.0968 e. The molecule has 0 amide bonds. The first kappa shape index (κ1) is 24.5. The summed E-state index contributed by atoms with van der Waals surface area (Å²) in [7, 11) is -0.114. The molecular weight excluding hydrogens is 386 g/mol. The maximum absolute atomic E-state index is 2.65. The highest BCUT2D eigenvalue weighted by Gasteiger charge is 2.49. The summed E-state index contributed by atoms with van der Waals surface area (Å²) >= 11 is 0. The van der Waals surface area contributed by atoms with Crippen molar-refractivity contribution in [3.8, 4) is 0 Å². The van der Waals surface area contributed by atoms with Crippen LogP contribution in [0.2, 0.25) is 0 Å². The van der Waals surface area contributed by atoms with Crippen LogP contribution in [-0.2, 0) is 0 Å². The maximum atomic E-state index is 2.65. The zero-order valence-corrected chi connectivity index (χ0v) is 22.2. The van der Waals surface area contributed by atoms with Crippen molar-refractivity contribution in [2.45, 2.75) is 140 Å². The van der Waals surface area contributed by atoms with Gasteiger partial charge in [-0.15, -0.1) is 0 Å². The Kier molecular flexibility index (Phi) is 8.62. The number of hydrogen-bond donors (Lipinski definition) is 0. The highest BCUT2D eigenvalue weighted by atomic mass is 31.1. The van der Waals surface area contributed by atoms with E-state index in [1.54, 1.807) is 11.6 Å². The minimum absolute atomic E-state index is 0.0889. The SMILES string of the molecule is C[C@H]([C]1[CH][CH][CH][C]1P(C(C)(C)C)C(C)(C)C)P(C1CCCCC1)C1CCCCC1. The van der Waals surface area contributed by atoms with Gasteiger partial charge in [0.25, 0.3) is 0 Å². The van der Waals surface area contributed by atoms with Gasteiger partial charge in [0.15, 0.2) is 0 Å². The lowest BCUT2D eigenvalue weighted by Gasteiger charge is -2.50. The zero-order valence-electron chi connectivity index (χ0n) is 20.4. The summed E-state index contributed by atoms with van der Waals surface area (Å²) in [5.74, 6) is 1.75. The van der Waals surface area contributed by atoms with E-state index in [2.05, 4.69) is 67.7 Å². The lowest BCUT2D eigenvalue weighted by Crippen LogP contribution is -2.33. The van der Waals surface area contributed by atoms with Gasteiger partial charge in [-0.25, -0.2) is 0 Å². The summed E-state index contributed by atoms with van der Waals surface area (Å²) in [4.78, 5) is 0. The van der Waals surface area contributed by atoms with Crippen LogP contribution in [0.5, 0.6) is 0 Å². The van der Waals surface area contributed by atoms with Crippen LogP contribution in [-0.4, -0.2) is 27.3 Å². The van der Waals surface area contributed by atoms with Gasteiger partial charge in [0.1, 0.15) is 0 Å². The van der Waals surface area contributed by atoms with Crippen LogP contribution in [0.15, 0.2) is 0 Å². The molecule has 2 heteroatoms. The highest BCUT2D eigenvalue weighted by Crippen LogP contribution is 2.74. The van der Waals surface area contributed by atoms with Gasteiger partial charge in [-0.1, -0.05) is 103 Å². The molecule has 3 aliphatic rings. The molecule has 3 saturated carbocycles.